The molecule has 0 saturated heterocycles. The number of anilines is 1. The van der Waals surface area contributed by atoms with Gasteiger partial charge in [-0.15, -0.1) is 0 Å². The van der Waals surface area contributed by atoms with E-state index in [0.29, 0.717) is 22.8 Å². The highest BCUT2D eigenvalue weighted by Gasteiger charge is 2.13. The average Bonchev–Trinajstić information content (AvgIpc) is 2.76. The van der Waals surface area contributed by atoms with Gasteiger partial charge in [0.05, 0.1) is 5.69 Å². The van der Waals surface area contributed by atoms with E-state index < -0.39 is 0 Å². The van der Waals surface area contributed by atoms with Crippen molar-refractivity contribution in [1.82, 2.24) is 19.7 Å². The molecule has 7 nitrogen and oxygen atoms in total. The van der Waals surface area contributed by atoms with Gasteiger partial charge in [-0.25, -0.2) is 4.98 Å². The Bertz CT molecular complexity index is 770. The number of aromatic amines is 1. The van der Waals surface area contributed by atoms with Gasteiger partial charge in [-0.05, 0) is 33.8 Å². The van der Waals surface area contributed by atoms with Gasteiger partial charge >= 0.3 is 0 Å². The summed E-state index contributed by atoms with van der Waals surface area (Å²) in [6, 6.07) is 1.70. The lowest BCUT2D eigenvalue weighted by molar-refractivity contribution is -0.111. The van der Waals surface area contributed by atoms with E-state index in [4.69, 9.17) is 0 Å². The summed E-state index contributed by atoms with van der Waals surface area (Å²) in [4.78, 5) is 30.5. The van der Waals surface area contributed by atoms with Crippen molar-refractivity contribution in [3.63, 3.8) is 0 Å². The van der Waals surface area contributed by atoms with E-state index in [-0.39, 0.29) is 17.4 Å². The Morgan fingerprint density at radius 3 is 2.71 bits per heavy atom. The Balaban J connectivity index is 2.50. The van der Waals surface area contributed by atoms with Gasteiger partial charge in [-0.3, -0.25) is 14.6 Å². The van der Waals surface area contributed by atoms with Crippen molar-refractivity contribution in [2.24, 2.45) is 0 Å². The van der Waals surface area contributed by atoms with Gasteiger partial charge in [0.15, 0.2) is 0 Å². The molecule has 2 rings (SSSR count). The third-order valence-electron chi connectivity index (χ3n) is 2.98. The van der Waals surface area contributed by atoms with Crippen LogP contribution in [0.3, 0.4) is 0 Å². The summed E-state index contributed by atoms with van der Waals surface area (Å²) in [5, 5.41) is 6.95. The van der Waals surface area contributed by atoms with E-state index in [9.17, 15) is 9.59 Å². The fourth-order valence-electron chi connectivity index (χ4n) is 1.80. The zero-order chi connectivity index (χ0) is 15.6. The zero-order valence-electron chi connectivity index (χ0n) is 12.4. The predicted molar refractivity (Wildman–Crippen MR) is 79.6 cm³/mol. The molecule has 0 aliphatic rings. The number of carbonyl (C=O) groups excluding carboxylic acids is 1. The van der Waals surface area contributed by atoms with Crippen molar-refractivity contribution in [3.8, 4) is 5.95 Å². The molecule has 110 valence electrons. The lowest BCUT2D eigenvalue weighted by Gasteiger charge is -2.08. The predicted octanol–water partition coefficient (Wildman–Crippen LogP) is 1.40. The van der Waals surface area contributed by atoms with Crippen LogP contribution < -0.4 is 10.9 Å². The third-order valence-corrected chi connectivity index (χ3v) is 2.98. The minimum Gasteiger partial charge on any atom is -0.307 e. The summed E-state index contributed by atoms with van der Waals surface area (Å²) >= 11 is 0. The number of amides is 1. The normalized spacial score (nSPS) is 11.0. The number of nitrogens with zero attached hydrogens (tertiary/aromatic N) is 3. The number of nitrogens with one attached hydrogen (secondary N) is 2. The van der Waals surface area contributed by atoms with Crippen LogP contribution in [0.1, 0.15) is 23.9 Å². The van der Waals surface area contributed by atoms with E-state index in [0.717, 1.165) is 0 Å². The van der Waals surface area contributed by atoms with E-state index in [1.54, 1.807) is 39.8 Å². The molecule has 0 saturated carbocycles. The summed E-state index contributed by atoms with van der Waals surface area (Å²) in [6.07, 6.45) is 3.04. The summed E-state index contributed by atoms with van der Waals surface area (Å²) in [7, 11) is 0. The molecule has 2 aromatic rings. The molecule has 2 heterocycles. The van der Waals surface area contributed by atoms with E-state index in [2.05, 4.69) is 20.4 Å². The van der Waals surface area contributed by atoms with Crippen LogP contribution in [0.15, 0.2) is 23.0 Å². The fourth-order valence-corrected chi connectivity index (χ4v) is 1.80. The number of rotatable bonds is 3. The van der Waals surface area contributed by atoms with Crippen molar-refractivity contribution in [2.45, 2.75) is 27.7 Å². The van der Waals surface area contributed by atoms with Gasteiger partial charge in [0, 0.05) is 17.3 Å². The topological polar surface area (TPSA) is 92.7 Å². The summed E-state index contributed by atoms with van der Waals surface area (Å²) in [6.45, 7) is 7.00. The molecule has 0 atom stereocenters. The summed E-state index contributed by atoms with van der Waals surface area (Å²) in [5.41, 5.74) is 1.65. The molecular formula is C14H17N5O2. The molecule has 0 unspecified atom stereocenters. The van der Waals surface area contributed by atoms with E-state index in [1.807, 2.05) is 0 Å². The molecule has 7 heteroatoms. The maximum atomic E-state index is 11.8. The number of hydrogen-bond acceptors (Lipinski definition) is 4. The highest BCUT2D eigenvalue weighted by Crippen LogP contribution is 2.14. The molecule has 0 fully saturated rings. The number of hydrogen-bond donors (Lipinski definition) is 2. The molecule has 21 heavy (non-hydrogen) atoms. The van der Waals surface area contributed by atoms with Gasteiger partial charge in [0.1, 0.15) is 5.82 Å². The Labute approximate surface area is 121 Å². The molecule has 0 aromatic carbocycles. The van der Waals surface area contributed by atoms with Gasteiger partial charge in [-0.1, -0.05) is 6.08 Å². The molecule has 0 radical (unpaired) electrons. The van der Waals surface area contributed by atoms with Crippen LogP contribution in [-0.2, 0) is 4.79 Å². The van der Waals surface area contributed by atoms with Gasteiger partial charge < -0.3 is 5.32 Å². The van der Waals surface area contributed by atoms with Crippen molar-refractivity contribution < 1.29 is 4.79 Å². The van der Waals surface area contributed by atoms with Crippen molar-refractivity contribution in [1.29, 1.82) is 0 Å². The van der Waals surface area contributed by atoms with Crippen LogP contribution in [0.25, 0.3) is 5.95 Å². The van der Waals surface area contributed by atoms with E-state index >= 15 is 0 Å². The first-order valence-electron chi connectivity index (χ1n) is 6.50. The Morgan fingerprint density at radius 2 is 2.10 bits per heavy atom. The maximum Gasteiger partial charge on any atom is 0.255 e. The van der Waals surface area contributed by atoms with Crippen LogP contribution >= 0.6 is 0 Å². The van der Waals surface area contributed by atoms with Crippen LogP contribution in [-0.4, -0.2) is 25.7 Å². The SMILES string of the molecule is C/C=C/C(=O)Nc1cc(C)nn1-c1nc(C)c(C)c(=O)[nH]1. The first kappa shape index (κ1) is 14.7. The smallest absolute Gasteiger partial charge is 0.255 e. The molecule has 0 spiro atoms. The van der Waals surface area contributed by atoms with Gasteiger partial charge in [-0.2, -0.15) is 9.78 Å². The molecule has 0 aliphatic heterocycles. The fraction of sp³-hybridized carbons (Fsp3) is 0.286. The van der Waals surface area contributed by atoms with Crippen LogP contribution in [0, 0.1) is 20.8 Å². The van der Waals surface area contributed by atoms with E-state index in [1.165, 1.54) is 10.8 Å². The Hall–Kier alpha value is -2.70. The number of allylic oxidation sites excluding steroid dienone is 1. The standard InChI is InChI=1S/C14H17N5O2/c1-5-6-12(20)16-11-7-8(2)18-19(11)14-15-10(4)9(3)13(21)17-14/h5-7H,1-4H3,(H,16,20)(H,15,17,21)/b6-5+. The second kappa shape index (κ2) is 5.74. The molecule has 0 bridgehead atoms. The second-order valence-corrected chi connectivity index (χ2v) is 4.67. The Kier molecular flexibility index (Phi) is 4.02. The number of H-pyrrole nitrogens is 1. The van der Waals surface area contributed by atoms with Crippen molar-refractivity contribution in [2.75, 3.05) is 5.32 Å². The van der Waals surface area contributed by atoms with Crippen LogP contribution in [0.4, 0.5) is 5.82 Å². The lowest BCUT2D eigenvalue weighted by atomic mass is 10.3. The minimum absolute atomic E-state index is 0.226. The zero-order valence-corrected chi connectivity index (χ0v) is 12.4. The van der Waals surface area contributed by atoms with Gasteiger partial charge in [0.2, 0.25) is 11.9 Å². The van der Waals surface area contributed by atoms with Gasteiger partial charge in [0.25, 0.3) is 5.56 Å². The van der Waals surface area contributed by atoms with Crippen LogP contribution in [0.2, 0.25) is 0 Å². The summed E-state index contributed by atoms with van der Waals surface area (Å²) in [5.74, 6) is 0.443. The number of aromatic nitrogens is 4. The van der Waals surface area contributed by atoms with Crippen molar-refractivity contribution >= 4 is 11.7 Å². The molecule has 2 N–H and O–H groups in total. The minimum atomic E-state index is -0.273. The number of aryl methyl sites for hydroxylation is 2. The molecular weight excluding hydrogens is 270 g/mol. The Morgan fingerprint density at radius 1 is 1.38 bits per heavy atom. The first-order chi connectivity index (χ1) is 9.92. The highest BCUT2D eigenvalue weighted by atomic mass is 16.1. The first-order valence-corrected chi connectivity index (χ1v) is 6.50. The molecule has 1 amide bonds. The van der Waals surface area contributed by atoms with Crippen molar-refractivity contribution in [3.05, 3.63) is 45.5 Å². The third kappa shape index (κ3) is 3.07. The maximum absolute atomic E-state index is 11.8. The second-order valence-electron chi connectivity index (χ2n) is 4.67. The largest absolute Gasteiger partial charge is 0.307 e. The monoisotopic (exact) mass is 287 g/mol. The molecule has 0 aliphatic carbocycles. The quantitative estimate of drug-likeness (QED) is 0.834. The summed E-state index contributed by atoms with van der Waals surface area (Å²) < 4.78 is 1.41. The number of carbonyl (C=O) groups is 1. The molecule has 2 aromatic heterocycles. The van der Waals surface area contributed by atoms with Crippen LogP contribution in [0.5, 0.6) is 0 Å². The average molecular weight is 287 g/mol. The lowest BCUT2D eigenvalue weighted by Crippen LogP contribution is -2.20. The highest BCUT2D eigenvalue weighted by molar-refractivity contribution is 5.98.